The van der Waals surface area contributed by atoms with Crippen molar-refractivity contribution in [2.45, 2.75) is 25.2 Å². The first-order valence-corrected chi connectivity index (χ1v) is 11.9. The van der Waals surface area contributed by atoms with E-state index in [1.54, 1.807) is 23.1 Å². The molecule has 0 fully saturated rings. The summed E-state index contributed by atoms with van der Waals surface area (Å²) in [5, 5.41) is 3.89. The van der Waals surface area contributed by atoms with Crippen molar-refractivity contribution in [3.8, 4) is 11.1 Å². The number of benzene rings is 1. The van der Waals surface area contributed by atoms with Crippen molar-refractivity contribution in [1.29, 1.82) is 0 Å². The quantitative estimate of drug-likeness (QED) is 0.412. The third-order valence-corrected chi connectivity index (χ3v) is 7.11. The van der Waals surface area contributed by atoms with E-state index in [1.165, 1.54) is 28.3 Å². The first kappa shape index (κ1) is 24.5. The molecule has 34 heavy (non-hydrogen) atoms. The molecule has 2 aromatic heterocycles. The van der Waals surface area contributed by atoms with E-state index >= 15 is 0 Å². The second-order valence-electron chi connectivity index (χ2n) is 8.45. The molecular weight excluding hydrogens is 485 g/mol. The van der Waals surface area contributed by atoms with Gasteiger partial charge in [0.15, 0.2) is 5.69 Å². The highest BCUT2D eigenvalue weighted by molar-refractivity contribution is 7.16. The molecular formula is C24H24ClF3N4OS. The zero-order valence-electron chi connectivity index (χ0n) is 18.8. The van der Waals surface area contributed by atoms with E-state index in [0.717, 1.165) is 10.4 Å². The van der Waals surface area contributed by atoms with Crippen LogP contribution in [-0.2, 0) is 24.1 Å². The molecule has 180 valence electrons. The first-order chi connectivity index (χ1) is 16.1. The van der Waals surface area contributed by atoms with Crippen molar-refractivity contribution < 1.29 is 18.0 Å². The molecule has 0 unspecified atom stereocenters. The van der Waals surface area contributed by atoms with Gasteiger partial charge >= 0.3 is 6.18 Å². The fourth-order valence-electron chi connectivity index (χ4n) is 4.24. The van der Waals surface area contributed by atoms with Crippen LogP contribution in [0.1, 0.15) is 27.6 Å². The molecule has 10 heteroatoms. The van der Waals surface area contributed by atoms with Crippen LogP contribution in [-0.4, -0.2) is 52.7 Å². The van der Waals surface area contributed by atoms with E-state index in [1.807, 2.05) is 31.1 Å². The van der Waals surface area contributed by atoms with Gasteiger partial charge in [0, 0.05) is 35.6 Å². The average molecular weight is 509 g/mol. The van der Waals surface area contributed by atoms with Crippen molar-refractivity contribution in [3.05, 3.63) is 75.2 Å². The van der Waals surface area contributed by atoms with Gasteiger partial charge in [0.25, 0.3) is 0 Å². The average Bonchev–Trinajstić information content (AvgIpc) is 3.39. The van der Waals surface area contributed by atoms with E-state index in [0.29, 0.717) is 41.6 Å². The number of hydrogen-bond donors (Lipinski definition) is 0. The van der Waals surface area contributed by atoms with Gasteiger partial charge in [-0.05, 0) is 42.9 Å². The Morgan fingerprint density at radius 3 is 2.71 bits per heavy atom. The molecule has 1 amide bonds. The van der Waals surface area contributed by atoms with Crippen molar-refractivity contribution in [1.82, 2.24) is 19.6 Å². The van der Waals surface area contributed by atoms with E-state index in [2.05, 4.69) is 11.7 Å². The third kappa shape index (κ3) is 4.92. The molecule has 0 saturated heterocycles. The molecule has 1 atom stereocenters. The number of likely N-dealkylation sites (N-methyl/N-ethyl adjacent to an activating group) is 1. The summed E-state index contributed by atoms with van der Waals surface area (Å²) in [6.07, 6.45) is -1.90. The smallest absolute Gasteiger partial charge is 0.333 e. The normalized spacial score (nSPS) is 16.1. The van der Waals surface area contributed by atoms with Crippen LogP contribution >= 0.6 is 22.9 Å². The number of halogens is 4. The predicted molar refractivity (Wildman–Crippen MR) is 128 cm³/mol. The van der Waals surface area contributed by atoms with Crippen LogP contribution in [0.2, 0.25) is 4.34 Å². The topological polar surface area (TPSA) is 41.4 Å². The summed E-state index contributed by atoms with van der Waals surface area (Å²) in [6.45, 7) is 5.17. The summed E-state index contributed by atoms with van der Waals surface area (Å²) >= 11 is 7.68. The van der Waals surface area contributed by atoms with Gasteiger partial charge in [-0.15, -0.1) is 11.3 Å². The van der Waals surface area contributed by atoms with Crippen LogP contribution < -0.4 is 0 Å². The Morgan fingerprint density at radius 2 is 2.03 bits per heavy atom. The van der Waals surface area contributed by atoms with Gasteiger partial charge in [-0.25, -0.2) is 0 Å². The minimum atomic E-state index is -4.61. The van der Waals surface area contributed by atoms with Crippen molar-refractivity contribution in [3.63, 3.8) is 0 Å². The molecule has 3 aromatic rings. The standard InChI is InChI=1S/C24H24ClF3N4OS/c1-4-22(33)31-12-18(17-11-21(25)34-20(17)14-31)15-7-5-6-8-16(15)19-13-32(10-9-30(2)3)29-23(19)24(26,27)28/h4-8,11,13,18H,1,9-10,12,14H2,2-3H3/t18-/m0/s1. The van der Waals surface area contributed by atoms with Crippen molar-refractivity contribution in [2.75, 3.05) is 27.2 Å². The number of fused-ring (bicyclic) bond motifs is 1. The van der Waals surface area contributed by atoms with Crippen molar-refractivity contribution in [2.24, 2.45) is 0 Å². The molecule has 0 N–H and O–H groups in total. The van der Waals surface area contributed by atoms with Gasteiger partial charge in [-0.2, -0.15) is 18.3 Å². The molecule has 1 aliphatic rings. The number of rotatable bonds is 6. The zero-order chi connectivity index (χ0) is 24.6. The van der Waals surface area contributed by atoms with Crippen LogP contribution in [0.15, 0.2) is 49.2 Å². The van der Waals surface area contributed by atoms with Gasteiger partial charge < -0.3 is 9.80 Å². The minimum absolute atomic E-state index is 0.0249. The predicted octanol–water partition coefficient (Wildman–Crippen LogP) is 5.51. The number of aromatic nitrogens is 2. The van der Waals surface area contributed by atoms with E-state index in [-0.39, 0.29) is 17.4 Å². The Bertz CT molecular complexity index is 1220. The number of carbonyl (C=O) groups is 1. The Hall–Kier alpha value is -2.62. The first-order valence-electron chi connectivity index (χ1n) is 10.7. The second kappa shape index (κ2) is 9.56. The summed E-state index contributed by atoms with van der Waals surface area (Å²) in [7, 11) is 3.71. The molecule has 5 nitrogen and oxygen atoms in total. The lowest BCUT2D eigenvalue weighted by Crippen LogP contribution is -2.37. The fourth-order valence-corrected chi connectivity index (χ4v) is 5.60. The second-order valence-corrected chi connectivity index (χ2v) is 10.2. The Balaban J connectivity index is 1.84. The molecule has 0 bridgehead atoms. The highest BCUT2D eigenvalue weighted by Crippen LogP contribution is 2.45. The Labute approximate surface area is 205 Å². The molecule has 1 aliphatic heterocycles. The van der Waals surface area contributed by atoms with Crippen LogP contribution in [0.4, 0.5) is 13.2 Å². The lowest BCUT2D eigenvalue weighted by atomic mass is 9.84. The van der Waals surface area contributed by atoms with Crippen LogP contribution in [0.25, 0.3) is 11.1 Å². The van der Waals surface area contributed by atoms with Gasteiger partial charge in [-0.1, -0.05) is 42.4 Å². The maximum Gasteiger partial charge on any atom is 0.435 e. The van der Waals surface area contributed by atoms with Crippen LogP contribution in [0, 0.1) is 0 Å². The Kier molecular flexibility index (Phi) is 6.89. The number of amides is 1. The minimum Gasteiger partial charge on any atom is -0.333 e. The number of carbonyl (C=O) groups excluding carboxylic acids is 1. The number of hydrogen-bond acceptors (Lipinski definition) is 4. The highest BCUT2D eigenvalue weighted by Gasteiger charge is 2.39. The highest BCUT2D eigenvalue weighted by atomic mass is 35.5. The summed E-state index contributed by atoms with van der Waals surface area (Å²) < 4.78 is 44.0. The lowest BCUT2D eigenvalue weighted by Gasteiger charge is -2.33. The molecule has 3 heterocycles. The van der Waals surface area contributed by atoms with Crippen LogP contribution in [0.5, 0.6) is 0 Å². The summed E-state index contributed by atoms with van der Waals surface area (Å²) in [4.78, 5) is 16.9. The molecule has 4 rings (SSSR count). The largest absolute Gasteiger partial charge is 0.435 e. The maximum absolute atomic E-state index is 14.0. The SMILES string of the molecule is C=CC(=O)N1Cc2sc(Cl)cc2[C@H](c2ccccc2-c2cn(CCN(C)C)nc2C(F)(F)F)C1. The summed E-state index contributed by atoms with van der Waals surface area (Å²) in [5.74, 6) is -0.566. The molecule has 0 saturated carbocycles. The summed E-state index contributed by atoms with van der Waals surface area (Å²) in [6, 6.07) is 8.86. The zero-order valence-corrected chi connectivity index (χ0v) is 20.3. The molecule has 0 spiro atoms. The lowest BCUT2D eigenvalue weighted by molar-refractivity contribution is -0.141. The summed E-state index contributed by atoms with van der Waals surface area (Å²) in [5.41, 5.74) is 1.17. The van der Waals surface area contributed by atoms with E-state index in [4.69, 9.17) is 11.6 Å². The van der Waals surface area contributed by atoms with Crippen molar-refractivity contribution >= 4 is 28.8 Å². The third-order valence-electron chi connectivity index (χ3n) is 5.84. The monoisotopic (exact) mass is 508 g/mol. The van der Waals surface area contributed by atoms with E-state index < -0.39 is 11.9 Å². The number of thiophene rings is 1. The molecule has 0 aliphatic carbocycles. The molecule has 0 radical (unpaired) electrons. The molecule has 1 aromatic carbocycles. The van der Waals surface area contributed by atoms with Gasteiger partial charge in [0.05, 0.1) is 17.4 Å². The van der Waals surface area contributed by atoms with Gasteiger partial charge in [0.1, 0.15) is 0 Å². The van der Waals surface area contributed by atoms with Gasteiger partial charge in [0.2, 0.25) is 5.91 Å². The van der Waals surface area contributed by atoms with E-state index in [9.17, 15) is 18.0 Å². The number of alkyl halides is 3. The fraction of sp³-hybridized carbons (Fsp3) is 0.333. The van der Waals surface area contributed by atoms with Crippen LogP contribution in [0.3, 0.4) is 0 Å². The van der Waals surface area contributed by atoms with Gasteiger partial charge in [-0.3, -0.25) is 9.48 Å². The number of nitrogens with zero attached hydrogens (tertiary/aromatic N) is 4. The maximum atomic E-state index is 14.0. The Morgan fingerprint density at radius 1 is 1.29 bits per heavy atom.